The minimum Gasteiger partial charge on any atom is -0.322 e. The first-order valence-electron chi connectivity index (χ1n) is 5.23. The Balaban J connectivity index is 2.19. The van der Waals surface area contributed by atoms with Gasteiger partial charge in [0.05, 0.1) is 4.92 Å². The molecule has 1 aromatic carbocycles. The first-order chi connectivity index (χ1) is 9.06. The van der Waals surface area contributed by atoms with Gasteiger partial charge in [-0.3, -0.25) is 14.9 Å². The second-order valence-electron chi connectivity index (χ2n) is 3.63. The van der Waals surface area contributed by atoms with Crippen molar-refractivity contribution in [1.29, 1.82) is 0 Å². The number of carbonyl (C=O) groups excluding carboxylic acids is 1. The Kier molecular flexibility index (Phi) is 3.72. The van der Waals surface area contributed by atoms with Crippen molar-refractivity contribution in [2.75, 3.05) is 5.32 Å². The summed E-state index contributed by atoms with van der Waals surface area (Å²) in [5, 5.41) is 13.4. The standard InChI is InChI=1S/C12H8ClN3O3/c13-11-6-8(4-5-14-11)12(17)15-9-2-1-3-10(7-9)16(18)19/h1-7H,(H,15,17). The van der Waals surface area contributed by atoms with Crippen molar-refractivity contribution < 1.29 is 9.72 Å². The molecule has 0 aliphatic carbocycles. The van der Waals surface area contributed by atoms with Crippen LogP contribution in [0.1, 0.15) is 10.4 Å². The third-order valence-corrected chi connectivity index (χ3v) is 2.51. The SMILES string of the molecule is O=C(Nc1cccc([N+](=O)[O-])c1)c1ccnc(Cl)c1. The second kappa shape index (κ2) is 5.45. The fourth-order valence-corrected chi connectivity index (χ4v) is 1.62. The van der Waals surface area contributed by atoms with Crippen molar-refractivity contribution in [2.24, 2.45) is 0 Å². The smallest absolute Gasteiger partial charge is 0.271 e. The number of hydrogen-bond donors (Lipinski definition) is 1. The van der Waals surface area contributed by atoms with Crippen LogP contribution in [0.4, 0.5) is 11.4 Å². The average Bonchev–Trinajstić information content (AvgIpc) is 2.39. The number of nitro groups is 1. The Morgan fingerprint density at radius 3 is 2.79 bits per heavy atom. The highest BCUT2D eigenvalue weighted by Crippen LogP contribution is 2.18. The van der Waals surface area contributed by atoms with Crippen molar-refractivity contribution in [2.45, 2.75) is 0 Å². The quantitative estimate of drug-likeness (QED) is 0.531. The van der Waals surface area contributed by atoms with E-state index in [2.05, 4.69) is 10.3 Å². The van der Waals surface area contributed by atoms with Crippen molar-refractivity contribution >= 4 is 28.9 Å². The predicted molar refractivity (Wildman–Crippen MR) is 70.3 cm³/mol. The van der Waals surface area contributed by atoms with Gasteiger partial charge >= 0.3 is 0 Å². The van der Waals surface area contributed by atoms with E-state index >= 15 is 0 Å². The highest BCUT2D eigenvalue weighted by molar-refractivity contribution is 6.29. The van der Waals surface area contributed by atoms with E-state index in [1.165, 1.54) is 36.5 Å². The summed E-state index contributed by atoms with van der Waals surface area (Å²) in [6.07, 6.45) is 1.41. The zero-order valence-corrected chi connectivity index (χ0v) is 10.3. The molecule has 0 aliphatic heterocycles. The molecule has 0 saturated heterocycles. The van der Waals surface area contributed by atoms with Crippen molar-refractivity contribution in [3.8, 4) is 0 Å². The number of aromatic nitrogens is 1. The van der Waals surface area contributed by atoms with Crippen LogP contribution in [-0.4, -0.2) is 15.8 Å². The lowest BCUT2D eigenvalue weighted by Crippen LogP contribution is -2.12. The number of hydrogen-bond acceptors (Lipinski definition) is 4. The number of nitrogens with zero attached hydrogens (tertiary/aromatic N) is 2. The van der Waals surface area contributed by atoms with E-state index < -0.39 is 10.8 Å². The molecule has 1 aromatic heterocycles. The molecule has 0 spiro atoms. The molecule has 1 heterocycles. The maximum atomic E-state index is 11.9. The number of pyridine rings is 1. The maximum Gasteiger partial charge on any atom is 0.271 e. The van der Waals surface area contributed by atoms with Gasteiger partial charge < -0.3 is 5.32 Å². The van der Waals surface area contributed by atoms with E-state index in [1.54, 1.807) is 6.07 Å². The van der Waals surface area contributed by atoms with Crippen molar-refractivity contribution in [3.05, 3.63) is 63.4 Å². The molecule has 2 rings (SSSR count). The van der Waals surface area contributed by atoms with Crippen LogP contribution in [0.3, 0.4) is 0 Å². The van der Waals surface area contributed by atoms with Crippen LogP contribution in [0.25, 0.3) is 0 Å². The maximum absolute atomic E-state index is 11.9. The molecule has 0 radical (unpaired) electrons. The molecule has 1 N–H and O–H groups in total. The van der Waals surface area contributed by atoms with E-state index in [0.717, 1.165) is 0 Å². The van der Waals surface area contributed by atoms with Crippen LogP contribution in [-0.2, 0) is 0 Å². The summed E-state index contributed by atoms with van der Waals surface area (Å²) < 4.78 is 0. The minimum atomic E-state index is -0.529. The van der Waals surface area contributed by atoms with Crippen molar-refractivity contribution in [3.63, 3.8) is 0 Å². The highest BCUT2D eigenvalue weighted by atomic mass is 35.5. The summed E-state index contributed by atoms with van der Waals surface area (Å²) >= 11 is 5.68. The summed E-state index contributed by atoms with van der Waals surface area (Å²) in [4.78, 5) is 25.7. The molecule has 0 unspecified atom stereocenters. The molecule has 0 bridgehead atoms. The van der Waals surface area contributed by atoms with E-state index in [0.29, 0.717) is 11.3 Å². The number of rotatable bonds is 3. The van der Waals surface area contributed by atoms with Crippen LogP contribution in [0, 0.1) is 10.1 Å². The van der Waals surface area contributed by atoms with Gasteiger partial charge in [0.15, 0.2) is 0 Å². The number of halogens is 1. The molecular weight excluding hydrogens is 270 g/mol. The van der Waals surface area contributed by atoms with Crippen molar-refractivity contribution in [1.82, 2.24) is 4.98 Å². The molecular formula is C12H8ClN3O3. The number of amides is 1. The van der Waals surface area contributed by atoms with Gasteiger partial charge in [-0.2, -0.15) is 0 Å². The lowest BCUT2D eigenvalue weighted by atomic mass is 10.2. The fraction of sp³-hybridized carbons (Fsp3) is 0. The lowest BCUT2D eigenvalue weighted by molar-refractivity contribution is -0.384. The molecule has 19 heavy (non-hydrogen) atoms. The first kappa shape index (κ1) is 13.0. The predicted octanol–water partition coefficient (Wildman–Crippen LogP) is 2.90. The monoisotopic (exact) mass is 277 g/mol. The molecule has 0 saturated carbocycles. The van der Waals surface area contributed by atoms with Gasteiger partial charge in [-0.25, -0.2) is 4.98 Å². The Hall–Kier alpha value is -2.47. The van der Waals surface area contributed by atoms with Crippen LogP contribution >= 0.6 is 11.6 Å². The van der Waals surface area contributed by atoms with Gasteiger partial charge in [0, 0.05) is 29.6 Å². The third-order valence-electron chi connectivity index (χ3n) is 2.30. The topological polar surface area (TPSA) is 85.1 Å². The third kappa shape index (κ3) is 3.26. The minimum absolute atomic E-state index is 0.0921. The largest absolute Gasteiger partial charge is 0.322 e. The number of anilines is 1. The molecule has 0 aliphatic rings. The van der Waals surface area contributed by atoms with Crippen LogP contribution < -0.4 is 5.32 Å². The summed E-state index contributed by atoms with van der Waals surface area (Å²) in [5.74, 6) is -0.412. The molecule has 2 aromatic rings. The van der Waals surface area contributed by atoms with Gasteiger partial charge in [-0.1, -0.05) is 17.7 Å². The Morgan fingerprint density at radius 1 is 1.32 bits per heavy atom. The number of non-ortho nitro benzene ring substituents is 1. The number of nitro benzene ring substituents is 1. The second-order valence-corrected chi connectivity index (χ2v) is 4.02. The van der Waals surface area contributed by atoms with Gasteiger partial charge in [-0.05, 0) is 18.2 Å². The molecule has 7 heteroatoms. The molecule has 1 amide bonds. The average molecular weight is 278 g/mol. The summed E-state index contributed by atoms with van der Waals surface area (Å²) in [6.45, 7) is 0. The fourth-order valence-electron chi connectivity index (χ4n) is 1.44. The van der Waals surface area contributed by atoms with E-state index in [1.807, 2.05) is 0 Å². The Morgan fingerprint density at radius 2 is 2.11 bits per heavy atom. The van der Waals surface area contributed by atoms with E-state index in [-0.39, 0.29) is 10.8 Å². The van der Waals surface area contributed by atoms with Gasteiger partial charge in [0.1, 0.15) is 5.15 Å². The lowest BCUT2D eigenvalue weighted by Gasteiger charge is -2.05. The Bertz CT molecular complexity index is 646. The zero-order chi connectivity index (χ0) is 13.8. The zero-order valence-electron chi connectivity index (χ0n) is 9.54. The molecule has 96 valence electrons. The first-order valence-corrected chi connectivity index (χ1v) is 5.61. The summed E-state index contributed by atoms with van der Waals surface area (Å²) in [5.41, 5.74) is 0.573. The summed E-state index contributed by atoms with van der Waals surface area (Å²) in [6, 6.07) is 8.59. The van der Waals surface area contributed by atoms with E-state index in [9.17, 15) is 14.9 Å². The Labute approximate surface area is 113 Å². The number of benzene rings is 1. The summed E-state index contributed by atoms with van der Waals surface area (Å²) in [7, 11) is 0. The molecule has 6 nitrogen and oxygen atoms in total. The number of carbonyl (C=O) groups is 1. The molecule has 0 fully saturated rings. The normalized spacial score (nSPS) is 9.95. The van der Waals surface area contributed by atoms with Crippen LogP contribution in [0.15, 0.2) is 42.6 Å². The highest BCUT2D eigenvalue weighted by Gasteiger charge is 2.10. The van der Waals surface area contributed by atoms with Crippen LogP contribution in [0.5, 0.6) is 0 Å². The van der Waals surface area contributed by atoms with Gasteiger partial charge in [0.25, 0.3) is 11.6 Å². The van der Waals surface area contributed by atoms with Crippen LogP contribution in [0.2, 0.25) is 5.15 Å². The number of nitrogens with one attached hydrogen (secondary N) is 1. The van der Waals surface area contributed by atoms with Gasteiger partial charge in [0.2, 0.25) is 0 Å². The van der Waals surface area contributed by atoms with Gasteiger partial charge in [-0.15, -0.1) is 0 Å². The van der Waals surface area contributed by atoms with E-state index in [4.69, 9.17) is 11.6 Å². The molecule has 0 atom stereocenters.